The molecular weight excluding hydrogens is 455 g/mol. The van der Waals surface area contributed by atoms with Gasteiger partial charge in [-0.15, -0.1) is 0 Å². The molecule has 1 saturated heterocycles. The number of morpholine rings is 1. The van der Waals surface area contributed by atoms with Gasteiger partial charge in [0.2, 0.25) is 11.7 Å². The predicted molar refractivity (Wildman–Crippen MR) is 120 cm³/mol. The summed E-state index contributed by atoms with van der Waals surface area (Å²) in [5.41, 5.74) is 7.79. The molecule has 0 spiro atoms. The molecule has 2 amide bonds. The van der Waals surface area contributed by atoms with E-state index in [-0.39, 0.29) is 32.9 Å². The Hall–Kier alpha value is -2.78. The molecule has 32 heavy (non-hydrogen) atoms. The van der Waals surface area contributed by atoms with Crippen LogP contribution in [0.5, 0.6) is 0 Å². The third-order valence-corrected chi connectivity index (χ3v) is 6.35. The molecular formula is C22H21Cl2N4O4+. The van der Waals surface area contributed by atoms with E-state index in [9.17, 15) is 14.4 Å². The Morgan fingerprint density at radius 1 is 1.16 bits per heavy atom. The van der Waals surface area contributed by atoms with Crippen molar-refractivity contribution in [3.8, 4) is 0 Å². The number of nitrogens with one attached hydrogen (secondary N) is 1. The third-order valence-electron chi connectivity index (χ3n) is 5.65. The molecule has 3 aromatic rings. The molecule has 0 unspecified atom stereocenters. The molecule has 10 heteroatoms. The lowest BCUT2D eigenvalue weighted by atomic mass is 10.0. The Kier molecular flexibility index (Phi) is 6.05. The second-order valence-corrected chi connectivity index (χ2v) is 8.46. The molecule has 1 aliphatic rings. The van der Waals surface area contributed by atoms with Crippen LogP contribution in [0.3, 0.4) is 0 Å². The summed E-state index contributed by atoms with van der Waals surface area (Å²) in [6.45, 7) is 3.77. The maximum atomic E-state index is 13.5. The minimum Gasteiger partial charge on any atom is -0.370 e. The monoisotopic (exact) mass is 475 g/mol. The first-order valence-corrected chi connectivity index (χ1v) is 10.7. The van der Waals surface area contributed by atoms with Gasteiger partial charge in [0.15, 0.2) is 5.82 Å². The van der Waals surface area contributed by atoms with Crippen molar-refractivity contribution in [2.75, 3.05) is 26.3 Å². The maximum absolute atomic E-state index is 13.5. The minimum absolute atomic E-state index is 0.00639. The lowest BCUT2D eigenvalue weighted by Crippen LogP contribution is -3.16. The van der Waals surface area contributed by atoms with Crippen molar-refractivity contribution in [3.63, 3.8) is 0 Å². The molecule has 2 heterocycles. The van der Waals surface area contributed by atoms with E-state index in [2.05, 4.69) is 4.98 Å². The molecule has 0 radical (unpaired) electrons. The van der Waals surface area contributed by atoms with Gasteiger partial charge in [-0.3, -0.25) is 14.5 Å². The average molecular weight is 476 g/mol. The fourth-order valence-electron chi connectivity index (χ4n) is 3.89. The Labute approximate surface area is 193 Å². The number of amides is 2. The van der Waals surface area contributed by atoms with Gasteiger partial charge in [-0.05, 0) is 36.8 Å². The standard InChI is InChI=1S/C22H20Cl2N4O4/c1-11-9-12(20(25)30)10-15-18(11)26-21(27(15)2)19(29)16-14(23)4-3-13(17(16)24)22(31)28-5-7-32-8-6-28/h3-4,9-10H,5-8H2,1-2H3,(H2,25,30)/p+1. The molecule has 1 fully saturated rings. The van der Waals surface area contributed by atoms with Crippen LogP contribution in [-0.4, -0.2) is 53.5 Å². The van der Waals surface area contributed by atoms with E-state index in [1.807, 2.05) is 0 Å². The maximum Gasteiger partial charge on any atom is 0.345 e. The second kappa shape index (κ2) is 8.63. The van der Waals surface area contributed by atoms with Crippen LogP contribution in [0.25, 0.3) is 11.0 Å². The van der Waals surface area contributed by atoms with Gasteiger partial charge >= 0.3 is 5.91 Å². The Balaban J connectivity index is 1.80. The zero-order valence-electron chi connectivity index (χ0n) is 17.5. The SMILES string of the molecule is Cc1cc(C(N)=O)cc2c1nc(C(=O)c1c(Cl)ccc(C(=O)[NH+]3CCOCC3)c1Cl)n2C. The number of imidazole rings is 1. The number of hydrogen-bond donors (Lipinski definition) is 2. The van der Waals surface area contributed by atoms with E-state index < -0.39 is 11.7 Å². The number of hydrogen-bond acceptors (Lipinski definition) is 5. The van der Waals surface area contributed by atoms with E-state index >= 15 is 0 Å². The first kappa shape index (κ1) is 22.4. The zero-order chi connectivity index (χ0) is 23.2. The first-order valence-electron chi connectivity index (χ1n) is 9.97. The molecule has 8 nitrogen and oxygen atoms in total. The minimum atomic E-state index is -0.577. The lowest BCUT2D eigenvalue weighted by molar-refractivity contribution is -0.824. The highest BCUT2D eigenvalue weighted by atomic mass is 35.5. The van der Waals surface area contributed by atoms with Gasteiger partial charge in [-0.2, -0.15) is 0 Å². The topological polar surface area (TPSA) is 109 Å². The van der Waals surface area contributed by atoms with Gasteiger partial charge in [0.25, 0.3) is 0 Å². The number of fused-ring (bicyclic) bond motifs is 1. The van der Waals surface area contributed by atoms with Crippen LogP contribution in [0.1, 0.15) is 42.5 Å². The van der Waals surface area contributed by atoms with Gasteiger partial charge in [0, 0.05) is 12.6 Å². The summed E-state index contributed by atoms with van der Waals surface area (Å²) in [5, 5.41) is 0.114. The quantitative estimate of drug-likeness (QED) is 0.556. The summed E-state index contributed by atoms with van der Waals surface area (Å²) in [7, 11) is 1.65. The zero-order valence-corrected chi connectivity index (χ0v) is 19.0. The predicted octanol–water partition coefficient (Wildman–Crippen LogP) is 1.57. The summed E-state index contributed by atoms with van der Waals surface area (Å²) < 4.78 is 6.87. The van der Waals surface area contributed by atoms with E-state index in [4.69, 9.17) is 33.7 Å². The number of carbonyl (C=O) groups is 3. The number of halogens is 2. The lowest BCUT2D eigenvalue weighted by Gasteiger charge is -2.22. The molecule has 2 aromatic carbocycles. The number of aromatic nitrogens is 2. The highest BCUT2D eigenvalue weighted by Crippen LogP contribution is 2.31. The van der Waals surface area contributed by atoms with Crippen molar-refractivity contribution in [2.45, 2.75) is 6.92 Å². The van der Waals surface area contributed by atoms with E-state index in [1.165, 1.54) is 12.1 Å². The van der Waals surface area contributed by atoms with Crippen LogP contribution in [0.15, 0.2) is 24.3 Å². The van der Waals surface area contributed by atoms with Crippen LogP contribution in [0.4, 0.5) is 0 Å². The van der Waals surface area contributed by atoms with E-state index in [1.54, 1.807) is 30.7 Å². The fourth-order valence-corrected chi connectivity index (χ4v) is 4.51. The number of primary amides is 1. The van der Waals surface area contributed by atoms with E-state index in [0.717, 1.165) is 0 Å². The molecule has 1 aromatic heterocycles. The number of benzene rings is 2. The van der Waals surface area contributed by atoms with Gasteiger partial charge in [0.1, 0.15) is 13.1 Å². The van der Waals surface area contributed by atoms with Gasteiger partial charge in [0.05, 0.1) is 45.4 Å². The molecule has 0 saturated carbocycles. The summed E-state index contributed by atoms with van der Waals surface area (Å²) in [6.07, 6.45) is 0. The van der Waals surface area contributed by atoms with Crippen molar-refractivity contribution in [1.29, 1.82) is 0 Å². The number of quaternary nitrogens is 1. The number of rotatable bonds is 4. The van der Waals surface area contributed by atoms with E-state index in [0.29, 0.717) is 53.4 Å². The van der Waals surface area contributed by atoms with Crippen LogP contribution >= 0.6 is 23.2 Å². The summed E-state index contributed by atoms with van der Waals surface area (Å²) in [6, 6.07) is 6.23. The molecule has 4 rings (SSSR count). The highest BCUT2D eigenvalue weighted by Gasteiger charge is 2.31. The number of carbonyl (C=O) groups excluding carboxylic acids is 3. The average Bonchev–Trinajstić information content (AvgIpc) is 3.11. The van der Waals surface area contributed by atoms with Gasteiger partial charge in [-0.1, -0.05) is 23.2 Å². The molecule has 0 bridgehead atoms. The largest absolute Gasteiger partial charge is 0.370 e. The highest BCUT2D eigenvalue weighted by molar-refractivity contribution is 6.42. The van der Waals surface area contributed by atoms with Crippen molar-refractivity contribution < 1.29 is 24.0 Å². The number of nitrogens with zero attached hydrogens (tertiary/aromatic N) is 2. The summed E-state index contributed by atoms with van der Waals surface area (Å²) in [4.78, 5) is 43.3. The molecule has 3 N–H and O–H groups in total. The second-order valence-electron chi connectivity index (χ2n) is 7.68. The van der Waals surface area contributed by atoms with Gasteiger partial charge in [-0.25, -0.2) is 9.78 Å². The Bertz CT molecular complexity index is 1280. The van der Waals surface area contributed by atoms with Crippen molar-refractivity contribution in [3.05, 3.63) is 62.4 Å². The smallest absolute Gasteiger partial charge is 0.345 e. The fraction of sp³-hybridized carbons (Fsp3) is 0.273. The van der Waals surface area contributed by atoms with Crippen molar-refractivity contribution in [1.82, 2.24) is 9.55 Å². The van der Waals surface area contributed by atoms with Crippen LogP contribution < -0.4 is 10.6 Å². The van der Waals surface area contributed by atoms with Crippen LogP contribution in [0.2, 0.25) is 10.0 Å². The normalized spacial score (nSPS) is 14.6. The molecule has 166 valence electrons. The molecule has 0 atom stereocenters. The van der Waals surface area contributed by atoms with Crippen molar-refractivity contribution >= 4 is 51.8 Å². The number of ether oxygens (including phenoxy) is 1. The third kappa shape index (κ3) is 3.80. The summed E-state index contributed by atoms with van der Waals surface area (Å²) >= 11 is 12.9. The molecule has 0 aliphatic carbocycles. The van der Waals surface area contributed by atoms with Crippen LogP contribution in [0, 0.1) is 6.92 Å². The molecule has 1 aliphatic heterocycles. The van der Waals surface area contributed by atoms with Crippen molar-refractivity contribution in [2.24, 2.45) is 12.8 Å². The van der Waals surface area contributed by atoms with Gasteiger partial charge < -0.3 is 15.0 Å². The number of nitrogens with two attached hydrogens (primary N) is 1. The summed E-state index contributed by atoms with van der Waals surface area (Å²) in [5.74, 6) is -1.23. The Morgan fingerprint density at radius 2 is 1.84 bits per heavy atom. The number of ketones is 1. The number of aryl methyl sites for hydroxylation is 2. The Morgan fingerprint density at radius 3 is 2.50 bits per heavy atom. The first-order chi connectivity index (χ1) is 15.2. The van der Waals surface area contributed by atoms with Crippen LogP contribution in [-0.2, 0) is 11.8 Å².